The third kappa shape index (κ3) is 2.87. The topological polar surface area (TPSA) is 34.1 Å². The molecule has 0 aliphatic rings. The lowest BCUT2D eigenvalue weighted by Gasteiger charge is -2.04. The van der Waals surface area contributed by atoms with Gasteiger partial charge in [0.1, 0.15) is 0 Å². The molecule has 0 N–H and O–H groups in total. The van der Waals surface area contributed by atoms with Gasteiger partial charge in [0, 0.05) is 5.57 Å². The molecule has 1 atom stereocenters. The predicted molar refractivity (Wildman–Crippen MR) is 44.5 cm³/mol. The normalized spacial score (nSPS) is 11.8. The maximum Gasteiger partial charge on any atom is 0.248 e. The van der Waals surface area contributed by atoms with Crippen molar-refractivity contribution in [2.45, 2.75) is 0 Å². The van der Waals surface area contributed by atoms with Gasteiger partial charge in [-0.05, 0) is 23.2 Å². The largest absolute Gasteiger partial charge is 0.280 e. The van der Waals surface area contributed by atoms with Crippen LogP contribution in [0.3, 0.4) is 0 Å². The van der Waals surface area contributed by atoms with Crippen molar-refractivity contribution >= 4 is 33.7 Å². The molecule has 0 spiro atoms. The van der Waals surface area contributed by atoms with Crippen LogP contribution < -0.4 is 0 Å². The lowest BCUT2D eigenvalue weighted by molar-refractivity contribution is -0.115. The van der Waals surface area contributed by atoms with Crippen LogP contribution in [0.4, 0.5) is 0 Å². The number of hydrogen-bond donors (Lipinski definition) is 0. The molecule has 0 fully saturated rings. The third-order valence-corrected chi connectivity index (χ3v) is 1.59. The Labute approximate surface area is 74.5 Å². The third-order valence-electron chi connectivity index (χ3n) is 1.11. The molecule has 0 saturated heterocycles. The Morgan fingerprint density at radius 3 is 1.91 bits per heavy atom. The second kappa shape index (κ2) is 4.31. The summed E-state index contributed by atoms with van der Waals surface area (Å²) in [6.07, 6.45) is 1.22. The first-order chi connectivity index (χ1) is 5.00. The minimum atomic E-state index is -0.873. The van der Waals surface area contributed by atoms with Crippen LogP contribution in [0.5, 0.6) is 0 Å². The van der Waals surface area contributed by atoms with Crippen LogP contribution >= 0.6 is 23.2 Å². The van der Waals surface area contributed by atoms with Gasteiger partial charge in [-0.15, -0.1) is 6.58 Å². The Morgan fingerprint density at radius 1 is 1.36 bits per heavy atom. The van der Waals surface area contributed by atoms with Crippen LogP contribution in [0, 0.1) is 5.92 Å². The van der Waals surface area contributed by atoms with Gasteiger partial charge >= 0.3 is 0 Å². The first-order valence-electron chi connectivity index (χ1n) is 2.71. The van der Waals surface area contributed by atoms with Crippen molar-refractivity contribution in [2.24, 2.45) is 5.92 Å². The van der Waals surface area contributed by atoms with Crippen LogP contribution in [0.25, 0.3) is 0 Å². The van der Waals surface area contributed by atoms with E-state index in [1.165, 1.54) is 6.08 Å². The van der Waals surface area contributed by atoms with Crippen molar-refractivity contribution in [2.75, 3.05) is 0 Å². The SMILES string of the molecule is C=CC(C(=C)C(=O)Cl)C(=O)Cl. The van der Waals surface area contributed by atoms with E-state index in [1.807, 2.05) is 0 Å². The highest BCUT2D eigenvalue weighted by Gasteiger charge is 2.19. The van der Waals surface area contributed by atoms with E-state index in [0.717, 1.165) is 0 Å². The first-order valence-corrected chi connectivity index (χ1v) is 3.46. The van der Waals surface area contributed by atoms with E-state index in [1.54, 1.807) is 0 Å². The maximum absolute atomic E-state index is 10.5. The second-order valence-electron chi connectivity index (χ2n) is 1.82. The number of halogens is 2. The van der Waals surface area contributed by atoms with Crippen molar-refractivity contribution in [3.05, 3.63) is 24.8 Å². The molecular weight excluding hydrogens is 187 g/mol. The fraction of sp³-hybridized carbons (Fsp3) is 0.143. The lowest BCUT2D eigenvalue weighted by atomic mass is 10.0. The zero-order valence-corrected chi connectivity index (χ0v) is 7.15. The fourth-order valence-electron chi connectivity index (χ4n) is 0.494. The summed E-state index contributed by atoms with van der Waals surface area (Å²) >= 11 is 10.1. The summed E-state index contributed by atoms with van der Waals surface area (Å²) < 4.78 is 0. The molecule has 0 aromatic rings. The summed E-state index contributed by atoms with van der Waals surface area (Å²) in [5, 5.41) is -1.48. The number of carbonyl (C=O) groups excluding carboxylic acids is 2. The van der Waals surface area contributed by atoms with Gasteiger partial charge in [0.25, 0.3) is 0 Å². The zero-order chi connectivity index (χ0) is 9.02. The van der Waals surface area contributed by atoms with Crippen LogP contribution in [0.2, 0.25) is 0 Å². The summed E-state index contributed by atoms with van der Waals surface area (Å²) in [5.74, 6) is -0.873. The highest BCUT2D eigenvalue weighted by Crippen LogP contribution is 2.15. The van der Waals surface area contributed by atoms with E-state index in [4.69, 9.17) is 23.2 Å². The van der Waals surface area contributed by atoms with E-state index in [9.17, 15) is 9.59 Å². The van der Waals surface area contributed by atoms with Gasteiger partial charge in [-0.25, -0.2) is 0 Å². The highest BCUT2D eigenvalue weighted by molar-refractivity contribution is 6.70. The lowest BCUT2D eigenvalue weighted by Crippen LogP contribution is -2.11. The van der Waals surface area contributed by atoms with E-state index in [0.29, 0.717) is 0 Å². The van der Waals surface area contributed by atoms with Gasteiger partial charge in [0.05, 0.1) is 5.92 Å². The molecule has 0 radical (unpaired) electrons. The summed E-state index contributed by atoms with van der Waals surface area (Å²) in [7, 11) is 0. The molecule has 0 aromatic heterocycles. The molecule has 0 aliphatic heterocycles. The molecular formula is C7H6Cl2O2. The summed E-state index contributed by atoms with van der Waals surface area (Å²) in [6, 6.07) is 0. The van der Waals surface area contributed by atoms with Crippen molar-refractivity contribution in [1.82, 2.24) is 0 Å². The molecule has 0 heterocycles. The summed E-state index contributed by atoms with van der Waals surface area (Å²) in [4.78, 5) is 21.0. The zero-order valence-electron chi connectivity index (χ0n) is 5.64. The molecule has 0 aliphatic carbocycles. The van der Waals surface area contributed by atoms with E-state index >= 15 is 0 Å². The monoisotopic (exact) mass is 192 g/mol. The molecule has 0 bridgehead atoms. The van der Waals surface area contributed by atoms with Gasteiger partial charge in [-0.2, -0.15) is 0 Å². The quantitative estimate of drug-likeness (QED) is 0.388. The standard InChI is InChI=1S/C7H6Cl2O2/c1-3-5(7(9)11)4(2)6(8)10/h3,5H,1-2H2. The van der Waals surface area contributed by atoms with Gasteiger partial charge in [-0.3, -0.25) is 9.59 Å². The molecule has 1 unspecified atom stereocenters. The Bertz CT molecular complexity index is 220. The van der Waals surface area contributed by atoms with Crippen molar-refractivity contribution < 1.29 is 9.59 Å². The van der Waals surface area contributed by atoms with Gasteiger partial charge in [-0.1, -0.05) is 12.7 Å². The smallest absolute Gasteiger partial charge is 0.248 e. The van der Waals surface area contributed by atoms with Gasteiger partial charge in [0.2, 0.25) is 10.5 Å². The average molecular weight is 193 g/mol. The van der Waals surface area contributed by atoms with Crippen molar-refractivity contribution in [3.63, 3.8) is 0 Å². The van der Waals surface area contributed by atoms with E-state index in [2.05, 4.69) is 13.2 Å². The van der Waals surface area contributed by atoms with Crippen LogP contribution in [-0.4, -0.2) is 10.5 Å². The predicted octanol–water partition coefficient (Wildman–Crippen LogP) is 1.88. The second-order valence-corrected chi connectivity index (χ2v) is 2.53. The van der Waals surface area contributed by atoms with Crippen LogP contribution in [-0.2, 0) is 9.59 Å². The minimum absolute atomic E-state index is 0.0540. The van der Waals surface area contributed by atoms with E-state index < -0.39 is 16.4 Å². The molecule has 60 valence electrons. The molecule has 0 saturated carbocycles. The molecule has 0 amide bonds. The Balaban J connectivity index is 4.52. The summed E-state index contributed by atoms with van der Waals surface area (Å²) in [5.41, 5.74) is -0.0540. The number of carbonyl (C=O) groups is 2. The molecule has 0 rings (SSSR count). The Morgan fingerprint density at radius 2 is 1.82 bits per heavy atom. The van der Waals surface area contributed by atoms with Crippen LogP contribution in [0.1, 0.15) is 0 Å². The molecule has 4 heteroatoms. The Kier molecular flexibility index (Phi) is 4.08. The highest BCUT2D eigenvalue weighted by atomic mass is 35.5. The average Bonchev–Trinajstić information content (AvgIpc) is 1.88. The van der Waals surface area contributed by atoms with Crippen LogP contribution in [0.15, 0.2) is 24.8 Å². The molecule has 0 aromatic carbocycles. The number of hydrogen-bond acceptors (Lipinski definition) is 2. The minimum Gasteiger partial charge on any atom is -0.280 e. The van der Waals surface area contributed by atoms with E-state index in [-0.39, 0.29) is 5.57 Å². The van der Waals surface area contributed by atoms with Gasteiger partial charge in [0.15, 0.2) is 0 Å². The summed E-state index contributed by atoms with van der Waals surface area (Å²) in [6.45, 7) is 6.60. The maximum atomic E-state index is 10.5. The number of allylic oxidation sites excluding steroid dienone is 2. The number of rotatable bonds is 4. The first kappa shape index (κ1) is 10.4. The fourth-order valence-corrected chi connectivity index (χ4v) is 0.832. The van der Waals surface area contributed by atoms with Crippen molar-refractivity contribution in [1.29, 1.82) is 0 Å². The molecule has 11 heavy (non-hydrogen) atoms. The molecule has 2 nitrogen and oxygen atoms in total. The van der Waals surface area contributed by atoms with Crippen molar-refractivity contribution in [3.8, 4) is 0 Å². The van der Waals surface area contributed by atoms with Gasteiger partial charge < -0.3 is 0 Å². The Hall–Kier alpha value is -0.600.